The summed E-state index contributed by atoms with van der Waals surface area (Å²) in [6, 6.07) is 5.51. The third-order valence-corrected chi connectivity index (χ3v) is 1.83. The van der Waals surface area contributed by atoms with E-state index < -0.39 is 0 Å². The molecule has 0 fully saturated rings. The molecule has 2 aromatic rings. The molecule has 0 aliphatic heterocycles. The van der Waals surface area contributed by atoms with Crippen LogP contribution in [0.5, 0.6) is 0 Å². The molecule has 0 saturated heterocycles. The molecule has 2 rings (SSSR count). The Morgan fingerprint density at radius 3 is 3.00 bits per heavy atom. The maximum Gasteiger partial charge on any atom is 0.154 e. The van der Waals surface area contributed by atoms with Crippen molar-refractivity contribution in [3.8, 4) is 11.5 Å². The van der Waals surface area contributed by atoms with Crippen LogP contribution in [0.3, 0.4) is 0 Å². The minimum atomic E-state index is 0.726. The van der Waals surface area contributed by atoms with E-state index in [2.05, 4.69) is 26.1 Å². The van der Waals surface area contributed by atoms with Crippen LogP contribution in [0.2, 0.25) is 0 Å². The summed E-state index contributed by atoms with van der Waals surface area (Å²) in [4.78, 5) is 0. The third kappa shape index (κ3) is 1.38. The molecule has 0 spiro atoms. The van der Waals surface area contributed by atoms with Crippen molar-refractivity contribution in [1.29, 1.82) is 0 Å². The van der Waals surface area contributed by atoms with E-state index in [4.69, 9.17) is 4.42 Å². The molecule has 0 atom stereocenters. The van der Waals surface area contributed by atoms with E-state index >= 15 is 0 Å². The minimum Gasteiger partial charge on any atom is -0.463 e. The first-order valence-electron chi connectivity index (χ1n) is 3.38. The van der Waals surface area contributed by atoms with Crippen molar-refractivity contribution >= 4 is 15.9 Å². The Hall–Kier alpha value is -1.16. The summed E-state index contributed by atoms with van der Waals surface area (Å²) in [6.07, 6.45) is 3.24. The van der Waals surface area contributed by atoms with Crippen molar-refractivity contribution in [3.63, 3.8) is 0 Å². The van der Waals surface area contributed by atoms with Crippen molar-refractivity contribution in [2.24, 2.45) is 0 Å². The number of nitrogens with zero attached hydrogens (tertiary/aromatic N) is 2. The Bertz CT molecular complexity index is 372. The smallest absolute Gasteiger partial charge is 0.154 e. The highest BCUT2D eigenvalue weighted by atomic mass is 79.9. The number of furan rings is 1. The molecule has 0 aliphatic carbocycles. The summed E-state index contributed by atoms with van der Waals surface area (Å²) in [7, 11) is 0. The lowest BCUT2D eigenvalue weighted by Crippen LogP contribution is -1.84. The van der Waals surface area contributed by atoms with Gasteiger partial charge in [0, 0.05) is 4.47 Å². The van der Waals surface area contributed by atoms with Gasteiger partial charge in [-0.3, -0.25) is 0 Å². The van der Waals surface area contributed by atoms with E-state index in [0.717, 1.165) is 15.9 Å². The number of halogens is 1. The largest absolute Gasteiger partial charge is 0.463 e. The molecular formula is C8H5BrN2O. The van der Waals surface area contributed by atoms with Crippen LogP contribution in [-0.4, -0.2) is 10.2 Å². The van der Waals surface area contributed by atoms with Crippen LogP contribution in [-0.2, 0) is 0 Å². The average molecular weight is 225 g/mol. The summed E-state index contributed by atoms with van der Waals surface area (Å²) in [5.74, 6) is 0.726. The third-order valence-electron chi connectivity index (χ3n) is 1.39. The molecule has 12 heavy (non-hydrogen) atoms. The normalized spacial score (nSPS) is 10.1. The lowest BCUT2D eigenvalue weighted by molar-refractivity contribution is 0.578. The topological polar surface area (TPSA) is 38.9 Å². The maximum absolute atomic E-state index is 5.15. The number of hydrogen-bond donors (Lipinski definition) is 0. The zero-order valence-corrected chi connectivity index (χ0v) is 7.65. The predicted octanol–water partition coefficient (Wildman–Crippen LogP) is 2.50. The number of rotatable bonds is 1. The highest BCUT2D eigenvalue weighted by Gasteiger charge is 2.01. The summed E-state index contributed by atoms with van der Waals surface area (Å²) in [6.45, 7) is 0. The van der Waals surface area contributed by atoms with Gasteiger partial charge in [-0.05, 0) is 34.1 Å². The first-order chi connectivity index (χ1) is 5.86. The summed E-state index contributed by atoms with van der Waals surface area (Å²) < 4.78 is 6.04. The number of hydrogen-bond acceptors (Lipinski definition) is 3. The van der Waals surface area contributed by atoms with Crippen molar-refractivity contribution in [2.75, 3.05) is 0 Å². The van der Waals surface area contributed by atoms with Gasteiger partial charge in [0.15, 0.2) is 5.76 Å². The first-order valence-corrected chi connectivity index (χ1v) is 4.17. The zero-order valence-electron chi connectivity index (χ0n) is 6.07. The van der Waals surface area contributed by atoms with E-state index in [1.54, 1.807) is 12.5 Å². The van der Waals surface area contributed by atoms with Gasteiger partial charge in [0.1, 0.15) is 5.69 Å². The molecule has 0 unspecified atom stereocenters. The van der Waals surface area contributed by atoms with E-state index in [1.807, 2.05) is 18.2 Å². The van der Waals surface area contributed by atoms with Crippen molar-refractivity contribution < 1.29 is 4.42 Å². The first kappa shape index (κ1) is 7.49. The summed E-state index contributed by atoms with van der Waals surface area (Å²) in [5.41, 5.74) is 0.731. The van der Waals surface area contributed by atoms with Crippen LogP contribution in [0.1, 0.15) is 0 Å². The molecule has 2 heterocycles. The Morgan fingerprint density at radius 1 is 1.42 bits per heavy atom. The SMILES string of the molecule is Brc1cnnc(-c2ccco2)c1. The average Bonchev–Trinajstić information content (AvgIpc) is 2.56. The zero-order chi connectivity index (χ0) is 8.39. The minimum absolute atomic E-state index is 0.726. The van der Waals surface area contributed by atoms with Gasteiger partial charge in [-0.1, -0.05) is 0 Å². The van der Waals surface area contributed by atoms with Crippen LogP contribution in [0, 0.1) is 0 Å². The van der Waals surface area contributed by atoms with Crippen LogP contribution in [0.15, 0.2) is 39.5 Å². The van der Waals surface area contributed by atoms with E-state index in [-0.39, 0.29) is 0 Å². The highest BCUT2D eigenvalue weighted by Crippen LogP contribution is 2.19. The molecule has 0 radical (unpaired) electrons. The highest BCUT2D eigenvalue weighted by molar-refractivity contribution is 9.10. The fourth-order valence-corrected chi connectivity index (χ4v) is 1.20. The maximum atomic E-state index is 5.15. The predicted molar refractivity (Wildman–Crippen MR) is 47.4 cm³/mol. The molecule has 0 aliphatic rings. The Morgan fingerprint density at radius 2 is 2.33 bits per heavy atom. The standard InChI is InChI=1S/C8H5BrN2O/c9-6-4-7(11-10-5-6)8-2-1-3-12-8/h1-5H. The molecule has 0 saturated carbocycles. The number of aromatic nitrogens is 2. The molecule has 3 nitrogen and oxygen atoms in total. The Kier molecular flexibility index (Phi) is 1.91. The molecule has 0 N–H and O–H groups in total. The lowest BCUT2D eigenvalue weighted by Gasteiger charge is -1.93. The second kappa shape index (κ2) is 3.06. The second-order valence-corrected chi connectivity index (χ2v) is 3.15. The molecule has 4 heteroatoms. The molecule has 0 aromatic carbocycles. The Balaban J connectivity index is 2.48. The van der Waals surface area contributed by atoms with E-state index in [1.165, 1.54) is 0 Å². The van der Waals surface area contributed by atoms with Crippen molar-refractivity contribution in [3.05, 3.63) is 35.1 Å². The van der Waals surface area contributed by atoms with Gasteiger partial charge in [-0.25, -0.2) is 0 Å². The molecule has 2 aromatic heterocycles. The van der Waals surface area contributed by atoms with E-state index in [9.17, 15) is 0 Å². The van der Waals surface area contributed by atoms with Crippen LogP contribution >= 0.6 is 15.9 Å². The quantitative estimate of drug-likeness (QED) is 0.748. The van der Waals surface area contributed by atoms with Gasteiger partial charge in [-0.2, -0.15) is 5.10 Å². The molecule has 60 valence electrons. The van der Waals surface area contributed by atoms with Gasteiger partial charge in [-0.15, -0.1) is 5.10 Å². The summed E-state index contributed by atoms with van der Waals surface area (Å²) in [5, 5.41) is 7.69. The second-order valence-electron chi connectivity index (χ2n) is 2.24. The lowest BCUT2D eigenvalue weighted by atomic mass is 10.3. The fraction of sp³-hybridized carbons (Fsp3) is 0. The van der Waals surface area contributed by atoms with Crippen LogP contribution in [0.25, 0.3) is 11.5 Å². The van der Waals surface area contributed by atoms with Crippen LogP contribution < -0.4 is 0 Å². The van der Waals surface area contributed by atoms with Gasteiger partial charge < -0.3 is 4.42 Å². The molecule has 0 bridgehead atoms. The fourth-order valence-electron chi connectivity index (χ4n) is 0.888. The molecular weight excluding hydrogens is 220 g/mol. The van der Waals surface area contributed by atoms with Crippen LogP contribution in [0.4, 0.5) is 0 Å². The molecule has 0 amide bonds. The van der Waals surface area contributed by atoms with Gasteiger partial charge in [0.25, 0.3) is 0 Å². The van der Waals surface area contributed by atoms with E-state index in [0.29, 0.717) is 0 Å². The monoisotopic (exact) mass is 224 g/mol. The van der Waals surface area contributed by atoms with Gasteiger partial charge in [0.2, 0.25) is 0 Å². The van der Waals surface area contributed by atoms with Gasteiger partial charge >= 0.3 is 0 Å². The van der Waals surface area contributed by atoms with Crippen molar-refractivity contribution in [2.45, 2.75) is 0 Å². The summed E-state index contributed by atoms with van der Waals surface area (Å²) >= 11 is 3.30. The van der Waals surface area contributed by atoms with Gasteiger partial charge in [0.05, 0.1) is 12.5 Å². The van der Waals surface area contributed by atoms with Crippen molar-refractivity contribution in [1.82, 2.24) is 10.2 Å². The Labute approximate surface area is 77.6 Å².